The molecule has 1 aromatic carbocycles. The standard InChI is InChI=1S/C25H37N3/c1-23-11-17-12-24(2,14-23)16-25(13-17,15-23)28-19-7-8-20(28)10-18(9-19)27-22-6-4-3-5-21(22)26/h3-6,17-20,27H,7-16,26H2,1-2H3/t17?,18?,19-,20+,23?,24?,25?. The number of nitrogens with two attached hydrogens (primary N) is 1. The highest BCUT2D eigenvalue weighted by molar-refractivity contribution is 5.66. The zero-order chi connectivity index (χ0) is 19.1. The van der Waals surface area contributed by atoms with Crippen LogP contribution in [0.25, 0.3) is 0 Å². The molecular weight excluding hydrogens is 342 g/mol. The average molecular weight is 380 g/mol. The molecular formula is C25H37N3. The molecule has 2 heterocycles. The number of nitrogen functional groups attached to an aromatic ring is 1. The first-order chi connectivity index (χ1) is 13.4. The van der Waals surface area contributed by atoms with Crippen LogP contribution in [0, 0.1) is 16.7 Å². The number of nitrogens with one attached hydrogen (secondary N) is 1. The lowest BCUT2D eigenvalue weighted by Gasteiger charge is -2.69. The molecule has 2 aliphatic heterocycles. The Morgan fingerprint density at radius 3 is 2.18 bits per heavy atom. The van der Waals surface area contributed by atoms with Crippen LogP contribution in [-0.4, -0.2) is 28.6 Å². The van der Waals surface area contributed by atoms with Crippen LogP contribution in [0.2, 0.25) is 0 Å². The molecule has 0 aromatic heterocycles. The summed E-state index contributed by atoms with van der Waals surface area (Å²) in [7, 11) is 0. The second kappa shape index (κ2) is 5.68. The van der Waals surface area contributed by atoms with Crippen LogP contribution in [0.1, 0.15) is 78.1 Å². The Labute approximate surface area is 170 Å². The van der Waals surface area contributed by atoms with Crippen molar-refractivity contribution in [3.63, 3.8) is 0 Å². The van der Waals surface area contributed by atoms with E-state index in [0.29, 0.717) is 22.4 Å². The number of piperidine rings is 1. The minimum absolute atomic E-state index is 0.519. The van der Waals surface area contributed by atoms with E-state index < -0.39 is 0 Å². The zero-order valence-corrected chi connectivity index (χ0v) is 17.7. The van der Waals surface area contributed by atoms with Gasteiger partial charge in [0.1, 0.15) is 0 Å². The van der Waals surface area contributed by atoms with Crippen LogP contribution in [0.5, 0.6) is 0 Å². The Bertz CT molecular complexity index is 756. The lowest BCUT2D eigenvalue weighted by molar-refractivity contribution is -0.178. The number of hydrogen-bond donors (Lipinski definition) is 2. The van der Waals surface area contributed by atoms with Crippen LogP contribution in [0.3, 0.4) is 0 Å². The molecule has 6 aliphatic rings. The van der Waals surface area contributed by atoms with Gasteiger partial charge in [-0.25, -0.2) is 0 Å². The Hall–Kier alpha value is -1.22. The minimum Gasteiger partial charge on any atom is -0.397 e. The van der Waals surface area contributed by atoms with Gasteiger partial charge in [-0.05, 0) is 93.1 Å². The Balaban J connectivity index is 1.25. The molecule has 4 saturated carbocycles. The summed E-state index contributed by atoms with van der Waals surface area (Å²) < 4.78 is 0. The van der Waals surface area contributed by atoms with Gasteiger partial charge in [0.15, 0.2) is 0 Å². The van der Waals surface area contributed by atoms with Crippen LogP contribution >= 0.6 is 0 Å². The van der Waals surface area contributed by atoms with Crippen molar-refractivity contribution in [2.45, 2.75) is 102 Å². The fourth-order valence-corrected chi connectivity index (χ4v) is 9.59. The summed E-state index contributed by atoms with van der Waals surface area (Å²) in [6.07, 6.45) is 14.4. The summed E-state index contributed by atoms with van der Waals surface area (Å²) in [5, 5.41) is 3.81. The smallest absolute Gasteiger partial charge is 0.0576 e. The van der Waals surface area contributed by atoms with Gasteiger partial charge in [0.25, 0.3) is 0 Å². The molecule has 3 heteroatoms. The van der Waals surface area contributed by atoms with E-state index in [0.717, 1.165) is 29.4 Å². The number of fused-ring (bicyclic) bond motifs is 2. The molecule has 152 valence electrons. The average Bonchev–Trinajstić information content (AvgIpc) is 2.86. The van der Waals surface area contributed by atoms with Crippen molar-refractivity contribution in [1.29, 1.82) is 0 Å². The van der Waals surface area contributed by atoms with Crippen molar-refractivity contribution < 1.29 is 0 Å². The first kappa shape index (κ1) is 17.6. The fourth-order valence-electron chi connectivity index (χ4n) is 9.59. The molecule has 6 fully saturated rings. The van der Waals surface area contributed by atoms with E-state index in [2.05, 4.69) is 36.2 Å². The number of nitrogens with zero attached hydrogens (tertiary/aromatic N) is 1. The number of para-hydroxylation sites is 2. The molecule has 3 unspecified atom stereocenters. The van der Waals surface area contributed by atoms with E-state index in [1.165, 1.54) is 64.2 Å². The molecule has 1 aromatic rings. The fraction of sp³-hybridized carbons (Fsp3) is 0.760. The third-order valence-electron chi connectivity index (χ3n) is 9.20. The molecule has 0 amide bonds. The number of rotatable bonds is 3. The lowest BCUT2D eigenvalue weighted by atomic mass is 9.42. The molecule has 0 radical (unpaired) electrons. The van der Waals surface area contributed by atoms with E-state index in [1.54, 1.807) is 0 Å². The van der Waals surface area contributed by atoms with E-state index in [9.17, 15) is 0 Å². The maximum Gasteiger partial charge on any atom is 0.0576 e. The number of hydrogen-bond acceptors (Lipinski definition) is 3. The van der Waals surface area contributed by atoms with E-state index in [4.69, 9.17) is 5.73 Å². The highest BCUT2D eigenvalue weighted by Gasteiger charge is 2.64. The molecule has 2 saturated heterocycles. The normalized spacial score (nSPS) is 49.5. The minimum atomic E-state index is 0.519. The van der Waals surface area contributed by atoms with Gasteiger partial charge in [0, 0.05) is 23.7 Å². The first-order valence-corrected chi connectivity index (χ1v) is 11.8. The molecule has 3 nitrogen and oxygen atoms in total. The second-order valence-corrected chi connectivity index (χ2v) is 12.0. The highest BCUT2D eigenvalue weighted by atomic mass is 15.3. The molecule has 6 bridgehead atoms. The van der Waals surface area contributed by atoms with Crippen LogP contribution in [-0.2, 0) is 0 Å². The van der Waals surface area contributed by atoms with Gasteiger partial charge in [-0.3, -0.25) is 4.90 Å². The molecule has 5 atom stereocenters. The molecule has 7 rings (SSSR count). The van der Waals surface area contributed by atoms with Crippen LogP contribution in [0.15, 0.2) is 24.3 Å². The van der Waals surface area contributed by atoms with E-state index >= 15 is 0 Å². The Kier molecular flexibility index (Phi) is 3.58. The van der Waals surface area contributed by atoms with Gasteiger partial charge in [0.05, 0.1) is 11.4 Å². The number of anilines is 2. The van der Waals surface area contributed by atoms with Gasteiger partial charge in [-0.2, -0.15) is 0 Å². The summed E-state index contributed by atoms with van der Waals surface area (Å²) in [5.74, 6) is 0.991. The van der Waals surface area contributed by atoms with E-state index in [-0.39, 0.29) is 0 Å². The maximum atomic E-state index is 6.21. The molecule has 28 heavy (non-hydrogen) atoms. The maximum absolute atomic E-state index is 6.21. The topological polar surface area (TPSA) is 41.3 Å². The largest absolute Gasteiger partial charge is 0.397 e. The van der Waals surface area contributed by atoms with Crippen LogP contribution < -0.4 is 11.1 Å². The van der Waals surface area contributed by atoms with Crippen molar-refractivity contribution in [3.05, 3.63) is 24.3 Å². The first-order valence-electron chi connectivity index (χ1n) is 11.8. The van der Waals surface area contributed by atoms with Crippen LogP contribution in [0.4, 0.5) is 11.4 Å². The molecule has 4 aliphatic carbocycles. The molecule has 3 N–H and O–H groups in total. The molecule has 0 spiro atoms. The summed E-state index contributed by atoms with van der Waals surface area (Å²) in [4.78, 5) is 3.11. The third-order valence-corrected chi connectivity index (χ3v) is 9.20. The highest BCUT2D eigenvalue weighted by Crippen LogP contribution is 2.69. The van der Waals surface area contributed by atoms with Gasteiger partial charge in [0.2, 0.25) is 0 Å². The predicted octanol–water partition coefficient (Wildman–Crippen LogP) is 5.43. The predicted molar refractivity (Wildman–Crippen MR) is 116 cm³/mol. The SMILES string of the molecule is CC12CC3CC(C)(C1)CC(N1[C@@H]4CC[C@H]1CC(Nc1ccccc1N)C4)(C3)C2. The van der Waals surface area contributed by atoms with Crippen molar-refractivity contribution in [2.75, 3.05) is 11.1 Å². The summed E-state index contributed by atoms with van der Waals surface area (Å²) in [6, 6.07) is 10.4. The third kappa shape index (κ3) is 2.57. The quantitative estimate of drug-likeness (QED) is 0.689. The summed E-state index contributed by atoms with van der Waals surface area (Å²) >= 11 is 0. The van der Waals surface area contributed by atoms with Crippen molar-refractivity contribution in [3.8, 4) is 0 Å². The van der Waals surface area contributed by atoms with Gasteiger partial charge < -0.3 is 11.1 Å². The summed E-state index contributed by atoms with van der Waals surface area (Å²) in [6.45, 7) is 5.25. The van der Waals surface area contributed by atoms with Gasteiger partial charge >= 0.3 is 0 Å². The van der Waals surface area contributed by atoms with Crippen molar-refractivity contribution in [2.24, 2.45) is 16.7 Å². The number of benzene rings is 1. The van der Waals surface area contributed by atoms with E-state index in [1.807, 2.05) is 12.1 Å². The van der Waals surface area contributed by atoms with Crippen molar-refractivity contribution in [1.82, 2.24) is 4.90 Å². The summed E-state index contributed by atoms with van der Waals surface area (Å²) in [5.41, 5.74) is 9.98. The zero-order valence-electron chi connectivity index (χ0n) is 17.7. The van der Waals surface area contributed by atoms with Gasteiger partial charge in [-0.1, -0.05) is 26.0 Å². The monoisotopic (exact) mass is 379 g/mol. The Morgan fingerprint density at radius 1 is 0.929 bits per heavy atom. The second-order valence-electron chi connectivity index (χ2n) is 12.0. The Morgan fingerprint density at radius 2 is 1.57 bits per heavy atom. The van der Waals surface area contributed by atoms with Crippen molar-refractivity contribution >= 4 is 11.4 Å². The van der Waals surface area contributed by atoms with Gasteiger partial charge in [-0.15, -0.1) is 0 Å². The lowest BCUT2D eigenvalue weighted by Crippen LogP contribution is -2.68.